The van der Waals surface area contributed by atoms with Gasteiger partial charge in [0, 0.05) is 11.0 Å². The van der Waals surface area contributed by atoms with Crippen LogP contribution in [0.1, 0.15) is 45.7 Å². The van der Waals surface area contributed by atoms with Crippen LogP contribution in [-0.2, 0) is 15.3 Å². The van der Waals surface area contributed by atoms with Gasteiger partial charge in [0.25, 0.3) is 0 Å². The summed E-state index contributed by atoms with van der Waals surface area (Å²) in [6.45, 7) is 12.7. The van der Waals surface area contributed by atoms with E-state index in [0.717, 1.165) is 5.56 Å². The van der Waals surface area contributed by atoms with Gasteiger partial charge in [0.05, 0.1) is 12.2 Å². The molecule has 0 radical (unpaired) electrons. The van der Waals surface area contributed by atoms with Crippen LogP contribution in [0, 0.1) is 12.3 Å². The molecule has 1 aliphatic heterocycles. The average Bonchev–Trinajstić information content (AvgIpc) is 2.56. The third-order valence-corrected chi connectivity index (χ3v) is 3.78. The predicted octanol–water partition coefficient (Wildman–Crippen LogP) is 4.02. The minimum atomic E-state index is -0.639. The molecule has 18 heavy (non-hydrogen) atoms. The lowest BCUT2D eigenvalue weighted by molar-refractivity contribution is -0.245. The van der Waals surface area contributed by atoms with Gasteiger partial charge in [-0.1, -0.05) is 50.6 Å². The molecule has 100 valence electrons. The minimum Gasteiger partial charge on any atom is -0.340 e. The van der Waals surface area contributed by atoms with Crippen molar-refractivity contribution in [2.75, 3.05) is 0 Å². The Morgan fingerprint density at radius 2 is 1.39 bits per heavy atom. The molecular weight excluding hydrogens is 224 g/mol. The SMILES string of the molecule is Cc1ccc(C2(C(C)(C)C)OC(C)C(C)O2)cc1. The van der Waals surface area contributed by atoms with Gasteiger partial charge in [-0.2, -0.15) is 0 Å². The maximum atomic E-state index is 6.23. The van der Waals surface area contributed by atoms with E-state index in [4.69, 9.17) is 9.47 Å². The molecule has 0 spiro atoms. The van der Waals surface area contributed by atoms with Gasteiger partial charge >= 0.3 is 0 Å². The number of rotatable bonds is 1. The molecule has 1 aromatic carbocycles. The minimum absolute atomic E-state index is 0.110. The van der Waals surface area contributed by atoms with E-state index < -0.39 is 5.79 Å². The van der Waals surface area contributed by atoms with E-state index in [1.54, 1.807) is 0 Å². The number of ether oxygens (including phenoxy) is 2. The molecule has 1 aliphatic rings. The monoisotopic (exact) mass is 248 g/mol. The number of aryl methyl sites for hydroxylation is 1. The largest absolute Gasteiger partial charge is 0.340 e. The summed E-state index contributed by atoms with van der Waals surface area (Å²) in [6, 6.07) is 8.46. The summed E-state index contributed by atoms with van der Waals surface area (Å²) in [5, 5.41) is 0. The molecule has 2 nitrogen and oxygen atoms in total. The fraction of sp³-hybridized carbons (Fsp3) is 0.625. The first kappa shape index (κ1) is 13.6. The molecule has 0 N–H and O–H groups in total. The summed E-state index contributed by atoms with van der Waals surface area (Å²) in [7, 11) is 0. The molecule has 1 fully saturated rings. The summed E-state index contributed by atoms with van der Waals surface area (Å²) in [6.07, 6.45) is 0.232. The lowest BCUT2D eigenvalue weighted by atomic mass is 9.80. The van der Waals surface area contributed by atoms with Gasteiger partial charge in [-0.3, -0.25) is 0 Å². The second-order valence-electron chi connectivity index (χ2n) is 6.38. The molecule has 0 bridgehead atoms. The standard InChI is InChI=1S/C16H24O2/c1-11-7-9-14(10-8-11)16(15(4,5)6)17-12(2)13(3)18-16/h7-10,12-13H,1-6H3. The molecule has 0 saturated carbocycles. The highest BCUT2D eigenvalue weighted by Gasteiger charge is 2.53. The van der Waals surface area contributed by atoms with Gasteiger partial charge in [-0.05, 0) is 20.8 Å². The van der Waals surface area contributed by atoms with Crippen molar-refractivity contribution in [3.05, 3.63) is 35.4 Å². The van der Waals surface area contributed by atoms with Crippen LogP contribution in [0.15, 0.2) is 24.3 Å². The third-order valence-electron chi connectivity index (χ3n) is 3.78. The Labute approximate surface area is 110 Å². The van der Waals surface area contributed by atoms with Crippen molar-refractivity contribution >= 4 is 0 Å². The number of hydrogen-bond donors (Lipinski definition) is 0. The maximum Gasteiger partial charge on any atom is 0.200 e. The predicted molar refractivity (Wildman–Crippen MR) is 73.4 cm³/mol. The van der Waals surface area contributed by atoms with Crippen LogP contribution in [0.4, 0.5) is 0 Å². The van der Waals surface area contributed by atoms with Crippen molar-refractivity contribution in [1.82, 2.24) is 0 Å². The second-order valence-corrected chi connectivity index (χ2v) is 6.38. The second kappa shape index (κ2) is 4.36. The van der Waals surface area contributed by atoms with Gasteiger partial charge in [0.1, 0.15) is 0 Å². The topological polar surface area (TPSA) is 18.5 Å². The van der Waals surface area contributed by atoms with E-state index in [1.807, 2.05) is 0 Å². The number of hydrogen-bond acceptors (Lipinski definition) is 2. The third kappa shape index (κ3) is 2.08. The summed E-state index contributed by atoms with van der Waals surface area (Å²) in [5.74, 6) is -0.639. The number of benzene rings is 1. The van der Waals surface area contributed by atoms with Crippen molar-refractivity contribution in [2.24, 2.45) is 5.41 Å². The van der Waals surface area contributed by atoms with Crippen LogP contribution in [0.2, 0.25) is 0 Å². The van der Waals surface area contributed by atoms with Crippen molar-refractivity contribution in [3.8, 4) is 0 Å². The van der Waals surface area contributed by atoms with Crippen LogP contribution in [0.5, 0.6) is 0 Å². The first-order valence-corrected chi connectivity index (χ1v) is 6.69. The Bertz CT molecular complexity index is 404. The van der Waals surface area contributed by atoms with Gasteiger partial charge in [0.2, 0.25) is 5.79 Å². The van der Waals surface area contributed by atoms with Gasteiger partial charge < -0.3 is 9.47 Å². The highest BCUT2D eigenvalue weighted by Crippen LogP contribution is 2.49. The summed E-state index contributed by atoms with van der Waals surface area (Å²) < 4.78 is 12.5. The molecule has 0 amide bonds. The van der Waals surface area contributed by atoms with E-state index in [-0.39, 0.29) is 17.6 Å². The summed E-state index contributed by atoms with van der Waals surface area (Å²) in [4.78, 5) is 0. The molecule has 1 aromatic rings. The highest BCUT2D eigenvalue weighted by atomic mass is 16.8. The zero-order valence-corrected chi connectivity index (χ0v) is 12.3. The van der Waals surface area contributed by atoms with E-state index >= 15 is 0 Å². The van der Waals surface area contributed by atoms with Crippen molar-refractivity contribution in [1.29, 1.82) is 0 Å². The Hall–Kier alpha value is -0.860. The van der Waals surface area contributed by atoms with Crippen molar-refractivity contribution in [2.45, 2.75) is 59.5 Å². The van der Waals surface area contributed by atoms with E-state index in [2.05, 4.69) is 65.8 Å². The maximum absolute atomic E-state index is 6.23. The molecule has 0 aliphatic carbocycles. The van der Waals surface area contributed by atoms with E-state index in [0.29, 0.717) is 0 Å². The molecule has 2 heteroatoms. The molecular formula is C16H24O2. The molecule has 0 aromatic heterocycles. The van der Waals surface area contributed by atoms with Crippen LogP contribution in [0.25, 0.3) is 0 Å². The van der Waals surface area contributed by atoms with Crippen LogP contribution >= 0.6 is 0 Å². The molecule has 2 atom stereocenters. The van der Waals surface area contributed by atoms with Crippen LogP contribution < -0.4 is 0 Å². The van der Waals surface area contributed by atoms with E-state index in [9.17, 15) is 0 Å². The van der Waals surface area contributed by atoms with Crippen molar-refractivity contribution < 1.29 is 9.47 Å². The fourth-order valence-corrected chi connectivity index (χ4v) is 2.44. The average molecular weight is 248 g/mol. The van der Waals surface area contributed by atoms with Gasteiger partial charge in [-0.25, -0.2) is 0 Å². The quantitative estimate of drug-likeness (QED) is 0.747. The van der Waals surface area contributed by atoms with Crippen molar-refractivity contribution in [3.63, 3.8) is 0 Å². The van der Waals surface area contributed by atoms with Crippen LogP contribution in [-0.4, -0.2) is 12.2 Å². The van der Waals surface area contributed by atoms with Crippen LogP contribution in [0.3, 0.4) is 0 Å². The Balaban J connectivity index is 2.48. The normalized spacial score (nSPS) is 32.8. The molecule has 2 rings (SSSR count). The summed E-state index contributed by atoms with van der Waals surface area (Å²) >= 11 is 0. The lowest BCUT2D eigenvalue weighted by Gasteiger charge is -2.40. The summed E-state index contributed by atoms with van der Waals surface area (Å²) in [5.41, 5.74) is 2.25. The Kier molecular flexibility index (Phi) is 3.28. The Morgan fingerprint density at radius 1 is 0.944 bits per heavy atom. The lowest BCUT2D eigenvalue weighted by Crippen LogP contribution is -2.41. The van der Waals surface area contributed by atoms with Gasteiger partial charge in [0.15, 0.2) is 0 Å². The smallest absolute Gasteiger partial charge is 0.200 e. The van der Waals surface area contributed by atoms with Gasteiger partial charge in [-0.15, -0.1) is 0 Å². The molecule has 2 unspecified atom stereocenters. The first-order chi connectivity index (χ1) is 8.26. The Morgan fingerprint density at radius 3 is 1.78 bits per heavy atom. The first-order valence-electron chi connectivity index (χ1n) is 6.69. The van der Waals surface area contributed by atoms with E-state index in [1.165, 1.54) is 5.56 Å². The fourth-order valence-electron chi connectivity index (χ4n) is 2.44. The zero-order chi connectivity index (χ0) is 13.6. The molecule has 1 saturated heterocycles. The highest BCUT2D eigenvalue weighted by molar-refractivity contribution is 5.27. The molecule has 1 heterocycles. The zero-order valence-electron chi connectivity index (χ0n) is 12.3.